The van der Waals surface area contributed by atoms with Crippen molar-refractivity contribution in [3.05, 3.63) is 99.6 Å². The fourth-order valence-corrected chi connectivity index (χ4v) is 3.29. The Morgan fingerprint density at radius 3 is 2.30 bits per heavy atom. The maximum absolute atomic E-state index is 13.1. The van der Waals surface area contributed by atoms with Crippen LogP contribution in [0.1, 0.15) is 26.3 Å². The van der Waals surface area contributed by atoms with Gasteiger partial charge in [0.25, 0.3) is 17.5 Å². The van der Waals surface area contributed by atoms with E-state index in [1.54, 1.807) is 12.1 Å². The lowest BCUT2D eigenvalue weighted by atomic mass is 9.97. The van der Waals surface area contributed by atoms with Crippen LogP contribution in [-0.4, -0.2) is 21.6 Å². The highest BCUT2D eigenvalue weighted by Crippen LogP contribution is 2.33. The Hall–Kier alpha value is -3.80. The molecule has 0 saturated carbocycles. The Labute approximate surface area is 154 Å². The van der Waals surface area contributed by atoms with Crippen LogP contribution in [0.5, 0.6) is 0 Å². The fourth-order valence-electron chi connectivity index (χ4n) is 3.29. The van der Waals surface area contributed by atoms with Crippen molar-refractivity contribution in [2.24, 2.45) is 0 Å². The molecule has 3 aromatic rings. The second-order valence-electron chi connectivity index (χ2n) is 6.21. The number of carbonyl (C=O) groups excluding carboxylic acids is 2. The molecule has 6 heteroatoms. The summed E-state index contributed by atoms with van der Waals surface area (Å²) in [6.45, 7) is 0.102. The Bertz CT molecular complexity index is 1090. The van der Waals surface area contributed by atoms with E-state index in [9.17, 15) is 19.7 Å². The van der Waals surface area contributed by atoms with Crippen LogP contribution in [0.3, 0.4) is 0 Å². The predicted molar refractivity (Wildman–Crippen MR) is 99.2 cm³/mol. The largest absolute Gasteiger partial charge is 0.270 e. The molecule has 0 spiro atoms. The minimum Gasteiger partial charge on any atom is -0.270 e. The van der Waals surface area contributed by atoms with Crippen molar-refractivity contribution in [1.82, 2.24) is 4.90 Å². The summed E-state index contributed by atoms with van der Waals surface area (Å²) in [6.07, 6.45) is 0. The van der Waals surface area contributed by atoms with Crippen LogP contribution in [0, 0.1) is 10.1 Å². The van der Waals surface area contributed by atoms with Gasteiger partial charge in [-0.3, -0.25) is 24.6 Å². The van der Waals surface area contributed by atoms with Gasteiger partial charge in [0.15, 0.2) is 0 Å². The summed E-state index contributed by atoms with van der Waals surface area (Å²) in [6, 6.07) is 20.1. The van der Waals surface area contributed by atoms with Crippen molar-refractivity contribution in [3.8, 4) is 11.1 Å². The summed E-state index contributed by atoms with van der Waals surface area (Å²) in [5, 5.41) is 11.0. The maximum Gasteiger partial charge on any atom is 0.270 e. The van der Waals surface area contributed by atoms with Gasteiger partial charge in [-0.25, -0.2) is 0 Å². The number of hydrogen-bond donors (Lipinski definition) is 0. The van der Waals surface area contributed by atoms with Gasteiger partial charge in [0, 0.05) is 23.3 Å². The zero-order valence-corrected chi connectivity index (χ0v) is 14.2. The average molecular weight is 358 g/mol. The summed E-state index contributed by atoms with van der Waals surface area (Å²) in [5.74, 6) is -0.978. The molecule has 132 valence electrons. The van der Waals surface area contributed by atoms with Crippen molar-refractivity contribution in [2.75, 3.05) is 0 Å². The second-order valence-corrected chi connectivity index (χ2v) is 6.21. The number of carbonyl (C=O) groups is 2. The average Bonchev–Trinajstić information content (AvgIpc) is 2.83. The van der Waals surface area contributed by atoms with Crippen LogP contribution in [0.4, 0.5) is 5.69 Å². The van der Waals surface area contributed by atoms with Gasteiger partial charge in [0.1, 0.15) is 0 Å². The van der Waals surface area contributed by atoms with Crippen LogP contribution in [-0.2, 0) is 6.54 Å². The van der Waals surface area contributed by atoms with Gasteiger partial charge >= 0.3 is 0 Å². The first kappa shape index (κ1) is 16.7. The molecule has 0 fully saturated rings. The van der Waals surface area contributed by atoms with Crippen molar-refractivity contribution >= 4 is 17.5 Å². The molecule has 6 nitrogen and oxygen atoms in total. The van der Waals surface area contributed by atoms with E-state index in [1.165, 1.54) is 24.3 Å². The lowest BCUT2D eigenvalue weighted by Crippen LogP contribution is -2.35. The molecule has 0 N–H and O–H groups in total. The standard InChI is InChI=1S/C21H14N2O4/c24-20(14-7-5-8-16(12-14)23(26)27)22-13-15-6-1-2-9-17(15)18-10-3-4-11-19(18)21(22)25/h1-12H,13H2. The minimum atomic E-state index is -0.564. The van der Waals surface area contributed by atoms with Crippen LogP contribution >= 0.6 is 0 Å². The molecule has 0 radical (unpaired) electrons. The van der Waals surface area contributed by atoms with Crippen molar-refractivity contribution in [2.45, 2.75) is 6.54 Å². The van der Waals surface area contributed by atoms with Crippen molar-refractivity contribution in [3.63, 3.8) is 0 Å². The molecule has 1 aliphatic rings. The van der Waals surface area contributed by atoms with E-state index in [2.05, 4.69) is 0 Å². The van der Waals surface area contributed by atoms with E-state index < -0.39 is 16.7 Å². The smallest absolute Gasteiger partial charge is 0.270 e. The van der Waals surface area contributed by atoms with Crippen LogP contribution in [0.25, 0.3) is 11.1 Å². The number of non-ortho nitro benzene ring substituents is 1. The van der Waals surface area contributed by atoms with Gasteiger partial charge in [-0.15, -0.1) is 0 Å². The monoisotopic (exact) mass is 358 g/mol. The van der Waals surface area contributed by atoms with Crippen molar-refractivity contribution < 1.29 is 14.5 Å². The van der Waals surface area contributed by atoms with Crippen LogP contribution in [0.2, 0.25) is 0 Å². The van der Waals surface area contributed by atoms with Gasteiger partial charge in [-0.05, 0) is 28.8 Å². The number of hydrogen-bond acceptors (Lipinski definition) is 4. The third-order valence-electron chi connectivity index (χ3n) is 4.59. The normalized spacial score (nSPS) is 12.7. The first-order valence-corrected chi connectivity index (χ1v) is 8.34. The molecule has 1 heterocycles. The van der Waals surface area contributed by atoms with Crippen molar-refractivity contribution in [1.29, 1.82) is 0 Å². The predicted octanol–water partition coefficient (Wildman–Crippen LogP) is 4.06. The molecule has 2 amide bonds. The number of rotatable bonds is 2. The van der Waals surface area contributed by atoms with Gasteiger partial charge in [-0.1, -0.05) is 48.5 Å². The zero-order valence-electron chi connectivity index (χ0n) is 14.2. The molecule has 3 aromatic carbocycles. The Balaban J connectivity index is 1.83. The summed E-state index contributed by atoms with van der Waals surface area (Å²) < 4.78 is 0. The molecule has 0 aromatic heterocycles. The van der Waals surface area contributed by atoms with E-state index in [0.29, 0.717) is 5.56 Å². The fraction of sp³-hybridized carbons (Fsp3) is 0.0476. The maximum atomic E-state index is 13.1. The van der Waals surface area contributed by atoms with E-state index in [1.807, 2.05) is 36.4 Å². The molecule has 27 heavy (non-hydrogen) atoms. The summed E-state index contributed by atoms with van der Waals surface area (Å²) >= 11 is 0. The first-order valence-electron chi connectivity index (χ1n) is 8.34. The number of nitro benzene ring substituents is 1. The third kappa shape index (κ3) is 2.87. The van der Waals surface area contributed by atoms with Gasteiger partial charge in [0.2, 0.25) is 0 Å². The highest BCUT2D eigenvalue weighted by atomic mass is 16.6. The SMILES string of the molecule is O=C(c1cccc([N+](=O)[O-])c1)N1Cc2ccccc2-c2ccccc2C1=O. The minimum absolute atomic E-state index is 0.102. The number of fused-ring (bicyclic) bond motifs is 3. The molecule has 0 bridgehead atoms. The van der Waals surface area contributed by atoms with Crippen LogP contribution < -0.4 is 0 Å². The van der Waals surface area contributed by atoms with E-state index >= 15 is 0 Å². The molecule has 4 rings (SSSR count). The molecule has 1 aliphatic heterocycles. The quantitative estimate of drug-likeness (QED) is 0.393. The Morgan fingerprint density at radius 1 is 0.889 bits per heavy atom. The van der Waals surface area contributed by atoms with Gasteiger partial charge in [0.05, 0.1) is 11.5 Å². The highest BCUT2D eigenvalue weighted by molar-refractivity contribution is 6.13. The first-order chi connectivity index (χ1) is 13.1. The van der Waals surface area contributed by atoms with E-state index in [4.69, 9.17) is 0 Å². The molecule has 0 saturated heterocycles. The lowest BCUT2D eigenvalue weighted by molar-refractivity contribution is -0.384. The highest BCUT2D eigenvalue weighted by Gasteiger charge is 2.30. The second kappa shape index (κ2) is 6.49. The number of amides is 2. The molecule has 0 aliphatic carbocycles. The lowest BCUT2D eigenvalue weighted by Gasteiger charge is -2.19. The van der Waals surface area contributed by atoms with Crippen LogP contribution in [0.15, 0.2) is 72.8 Å². The zero-order chi connectivity index (χ0) is 19.0. The summed E-state index contributed by atoms with van der Waals surface area (Å²) in [4.78, 5) is 37.7. The summed E-state index contributed by atoms with van der Waals surface area (Å²) in [7, 11) is 0. The molecular weight excluding hydrogens is 344 g/mol. The molecular formula is C21H14N2O4. The Kier molecular flexibility index (Phi) is 4.01. The number of imide groups is 1. The number of nitro groups is 1. The number of benzene rings is 3. The number of nitrogens with zero attached hydrogens (tertiary/aromatic N) is 2. The van der Waals surface area contributed by atoms with Gasteiger partial charge in [-0.2, -0.15) is 0 Å². The summed E-state index contributed by atoms with van der Waals surface area (Å²) in [5.41, 5.74) is 2.86. The topological polar surface area (TPSA) is 80.5 Å². The molecule has 0 unspecified atom stereocenters. The molecule has 0 atom stereocenters. The van der Waals surface area contributed by atoms with Gasteiger partial charge < -0.3 is 0 Å². The van der Waals surface area contributed by atoms with E-state index in [0.717, 1.165) is 21.6 Å². The Morgan fingerprint density at radius 2 is 1.56 bits per heavy atom. The third-order valence-corrected chi connectivity index (χ3v) is 4.59. The van der Waals surface area contributed by atoms with E-state index in [-0.39, 0.29) is 17.8 Å².